The van der Waals surface area contributed by atoms with E-state index in [0.29, 0.717) is 33.2 Å². The third kappa shape index (κ3) is 18.8. The molecular weight excluding hydrogens is 549 g/mol. The second-order valence-corrected chi connectivity index (χ2v) is 15.3. The molecule has 41 heavy (non-hydrogen) atoms. The van der Waals surface area contributed by atoms with Crippen LogP contribution in [0.15, 0.2) is 0 Å². The van der Waals surface area contributed by atoms with E-state index < -0.39 is 5.79 Å². The SMILES string of the molecule is CCCCCCCCCCCCSCCC1(CCSCCCCCCCCCCCC)OCC2(COCOC2)CO1. The van der Waals surface area contributed by atoms with Gasteiger partial charge in [0.2, 0.25) is 0 Å². The highest BCUT2D eigenvalue weighted by Crippen LogP contribution is 2.37. The standard InChI is InChI=1S/C35H68O4S2/c1-3-5-7-9-11-13-15-17-19-21-25-40-27-23-35(38-31-34(32-39-35)29-36-33-37-30-34)24-28-41-26-22-20-18-16-14-12-10-8-6-4-2/h3-33H2,1-2H3. The Balaban J connectivity index is 1.54. The van der Waals surface area contributed by atoms with E-state index in [2.05, 4.69) is 37.4 Å². The van der Waals surface area contributed by atoms with Crippen LogP contribution < -0.4 is 0 Å². The van der Waals surface area contributed by atoms with Crippen molar-refractivity contribution in [3.8, 4) is 0 Å². The minimum Gasteiger partial charge on any atom is -0.355 e. The zero-order valence-electron chi connectivity index (χ0n) is 27.4. The van der Waals surface area contributed by atoms with E-state index in [0.717, 1.165) is 24.3 Å². The molecule has 0 bridgehead atoms. The average molecular weight is 617 g/mol. The molecule has 2 rings (SSSR count). The van der Waals surface area contributed by atoms with Gasteiger partial charge in [-0.15, -0.1) is 0 Å². The molecule has 2 heterocycles. The fourth-order valence-electron chi connectivity index (χ4n) is 5.89. The second kappa shape index (κ2) is 25.8. The van der Waals surface area contributed by atoms with E-state index in [4.69, 9.17) is 18.9 Å². The average Bonchev–Trinajstić information content (AvgIpc) is 3.00. The molecule has 2 saturated heterocycles. The lowest BCUT2D eigenvalue weighted by Gasteiger charge is -2.47. The molecular formula is C35H68O4S2. The van der Waals surface area contributed by atoms with E-state index in [9.17, 15) is 0 Å². The number of hydrogen-bond acceptors (Lipinski definition) is 6. The Morgan fingerprint density at radius 2 is 0.805 bits per heavy atom. The summed E-state index contributed by atoms with van der Waals surface area (Å²) in [7, 11) is 0. The van der Waals surface area contributed by atoms with Gasteiger partial charge in [-0.1, -0.05) is 129 Å². The summed E-state index contributed by atoms with van der Waals surface area (Å²) in [6.07, 6.45) is 30.1. The number of rotatable bonds is 28. The Morgan fingerprint density at radius 3 is 1.20 bits per heavy atom. The summed E-state index contributed by atoms with van der Waals surface area (Å²) in [5.41, 5.74) is -0.117. The van der Waals surface area contributed by atoms with Gasteiger partial charge in [-0.3, -0.25) is 0 Å². The smallest absolute Gasteiger partial charge is 0.169 e. The van der Waals surface area contributed by atoms with E-state index in [1.807, 2.05) is 0 Å². The molecule has 0 aliphatic carbocycles. The summed E-state index contributed by atoms with van der Waals surface area (Å²) in [4.78, 5) is 0. The zero-order chi connectivity index (χ0) is 29.2. The third-order valence-electron chi connectivity index (χ3n) is 8.81. The molecule has 0 atom stereocenters. The molecule has 0 saturated carbocycles. The van der Waals surface area contributed by atoms with Crippen molar-refractivity contribution in [2.75, 3.05) is 56.2 Å². The number of hydrogen-bond donors (Lipinski definition) is 0. The number of thioether (sulfide) groups is 2. The predicted octanol–water partition coefficient (Wildman–Crippen LogP) is 10.8. The first-order valence-corrected chi connectivity index (χ1v) is 20.1. The van der Waals surface area contributed by atoms with Crippen molar-refractivity contribution in [1.82, 2.24) is 0 Å². The Hall–Kier alpha value is 0.540. The van der Waals surface area contributed by atoms with Crippen LogP contribution in [0.5, 0.6) is 0 Å². The number of ether oxygens (including phenoxy) is 4. The summed E-state index contributed by atoms with van der Waals surface area (Å²) in [5.74, 6) is 4.37. The normalized spacial score (nSPS) is 18.3. The molecule has 0 radical (unpaired) electrons. The molecule has 244 valence electrons. The van der Waals surface area contributed by atoms with Crippen LogP contribution in [0.4, 0.5) is 0 Å². The van der Waals surface area contributed by atoms with Crippen LogP contribution >= 0.6 is 23.5 Å². The van der Waals surface area contributed by atoms with Gasteiger partial charge in [-0.05, 0) is 35.9 Å². The first-order valence-electron chi connectivity index (χ1n) is 17.8. The predicted molar refractivity (Wildman–Crippen MR) is 181 cm³/mol. The molecule has 0 aromatic heterocycles. The molecule has 0 unspecified atom stereocenters. The largest absolute Gasteiger partial charge is 0.355 e. The molecule has 6 heteroatoms. The summed E-state index contributed by atoms with van der Waals surface area (Å²) in [6, 6.07) is 0. The summed E-state index contributed by atoms with van der Waals surface area (Å²) >= 11 is 4.19. The molecule has 2 aliphatic rings. The van der Waals surface area contributed by atoms with E-state index in [1.54, 1.807) is 0 Å². The quantitative estimate of drug-likeness (QED) is 0.0814. The van der Waals surface area contributed by atoms with Crippen LogP contribution in [-0.2, 0) is 18.9 Å². The lowest BCUT2D eigenvalue weighted by Crippen LogP contribution is -2.55. The van der Waals surface area contributed by atoms with Crippen LogP contribution in [0.1, 0.15) is 155 Å². The molecule has 4 nitrogen and oxygen atoms in total. The van der Waals surface area contributed by atoms with Crippen molar-refractivity contribution in [2.24, 2.45) is 5.41 Å². The lowest BCUT2D eigenvalue weighted by molar-refractivity contribution is -0.332. The highest BCUT2D eigenvalue weighted by Gasteiger charge is 2.46. The van der Waals surface area contributed by atoms with Crippen LogP contribution in [-0.4, -0.2) is 62.0 Å². The molecule has 0 aromatic carbocycles. The minimum atomic E-state index is -0.418. The minimum absolute atomic E-state index is 0.117. The van der Waals surface area contributed by atoms with Crippen molar-refractivity contribution in [3.63, 3.8) is 0 Å². The first kappa shape index (κ1) is 37.7. The fourth-order valence-corrected chi connectivity index (χ4v) is 8.03. The maximum absolute atomic E-state index is 6.56. The second-order valence-electron chi connectivity index (χ2n) is 12.9. The van der Waals surface area contributed by atoms with Gasteiger partial charge in [0.15, 0.2) is 5.79 Å². The topological polar surface area (TPSA) is 36.9 Å². The van der Waals surface area contributed by atoms with E-state index in [-0.39, 0.29) is 5.41 Å². The maximum Gasteiger partial charge on any atom is 0.169 e. The van der Waals surface area contributed by atoms with E-state index in [1.165, 1.54) is 140 Å². The first-order chi connectivity index (χ1) is 20.2. The Kier molecular flexibility index (Phi) is 23.8. The van der Waals surface area contributed by atoms with Crippen LogP contribution in [0, 0.1) is 5.41 Å². The van der Waals surface area contributed by atoms with Gasteiger partial charge in [0.05, 0.1) is 31.8 Å². The Labute approximate surface area is 264 Å². The fraction of sp³-hybridized carbons (Fsp3) is 1.00. The maximum atomic E-state index is 6.56. The summed E-state index contributed by atoms with van der Waals surface area (Å²) in [6.45, 7) is 7.75. The summed E-state index contributed by atoms with van der Waals surface area (Å²) < 4.78 is 24.3. The van der Waals surface area contributed by atoms with Crippen molar-refractivity contribution in [3.05, 3.63) is 0 Å². The van der Waals surface area contributed by atoms with Gasteiger partial charge in [0, 0.05) is 12.8 Å². The van der Waals surface area contributed by atoms with Gasteiger partial charge in [0.25, 0.3) is 0 Å². The zero-order valence-corrected chi connectivity index (χ0v) is 29.0. The molecule has 1 spiro atoms. The molecule has 2 aliphatic heterocycles. The van der Waals surface area contributed by atoms with Crippen LogP contribution in [0.2, 0.25) is 0 Å². The van der Waals surface area contributed by atoms with Crippen molar-refractivity contribution < 1.29 is 18.9 Å². The monoisotopic (exact) mass is 616 g/mol. The van der Waals surface area contributed by atoms with Crippen LogP contribution in [0.25, 0.3) is 0 Å². The molecule has 0 N–H and O–H groups in total. The van der Waals surface area contributed by atoms with Gasteiger partial charge in [-0.2, -0.15) is 23.5 Å². The highest BCUT2D eigenvalue weighted by molar-refractivity contribution is 7.99. The Bertz CT molecular complexity index is 528. The summed E-state index contributed by atoms with van der Waals surface area (Å²) in [5, 5.41) is 0. The van der Waals surface area contributed by atoms with Crippen molar-refractivity contribution >= 4 is 23.5 Å². The van der Waals surface area contributed by atoms with Gasteiger partial charge in [-0.25, -0.2) is 0 Å². The van der Waals surface area contributed by atoms with Gasteiger partial charge < -0.3 is 18.9 Å². The molecule has 2 fully saturated rings. The highest BCUT2D eigenvalue weighted by atomic mass is 32.2. The van der Waals surface area contributed by atoms with Gasteiger partial charge >= 0.3 is 0 Å². The van der Waals surface area contributed by atoms with Crippen molar-refractivity contribution in [2.45, 2.75) is 161 Å². The van der Waals surface area contributed by atoms with E-state index >= 15 is 0 Å². The van der Waals surface area contributed by atoms with Crippen LogP contribution in [0.3, 0.4) is 0 Å². The Morgan fingerprint density at radius 1 is 0.439 bits per heavy atom. The molecule has 0 aromatic rings. The molecule has 0 amide bonds. The van der Waals surface area contributed by atoms with Crippen molar-refractivity contribution in [1.29, 1.82) is 0 Å². The lowest BCUT2D eigenvalue weighted by atomic mass is 9.90. The van der Waals surface area contributed by atoms with Gasteiger partial charge in [0.1, 0.15) is 6.79 Å². The number of unbranched alkanes of at least 4 members (excludes halogenated alkanes) is 18. The third-order valence-corrected chi connectivity index (χ3v) is 10.9.